The smallest absolute Gasteiger partial charge is 0.408 e. The van der Waals surface area contributed by atoms with Gasteiger partial charge in [0.25, 0.3) is 0 Å². The number of aromatic nitrogens is 4. The zero-order chi connectivity index (χ0) is 83.3. The van der Waals surface area contributed by atoms with E-state index in [1.54, 1.807) is 129 Å². The van der Waals surface area contributed by atoms with Crippen molar-refractivity contribution >= 4 is 80.6 Å². The van der Waals surface area contributed by atoms with Crippen LogP contribution < -0.4 is 50.7 Å². The van der Waals surface area contributed by atoms with E-state index in [0.29, 0.717) is 137 Å². The number of fused-ring (bicyclic) bond motifs is 1. The zero-order valence-electron chi connectivity index (χ0n) is 67.2. The van der Waals surface area contributed by atoms with Gasteiger partial charge in [0.1, 0.15) is 90.1 Å². The summed E-state index contributed by atoms with van der Waals surface area (Å²) in [6, 6.07) is 37.3. The fourth-order valence-corrected chi connectivity index (χ4v) is 14.5. The average Bonchev–Trinajstić information content (AvgIpc) is 1.59. The van der Waals surface area contributed by atoms with Crippen molar-refractivity contribution in [1.82, 2.24) is 45.7 Å². The Morgan fingerprint density at radius 2 is 1.47 bits per heavy atom. The number of hydrogen-bond donors (Lipinski definition) is 5. The molecule has 4 heterocycles. The molecule has 0 bridgehead atoms. The number of benzene rings is 6. The van der Waals surface area contributed by atoms with E-state index in [4.69, 9.17) is 70.2 Å². The fourth-order valence-electron chi connectivity index (χ4n) is 13.1. The van der Waals surface area contributed by atoms with Gasteiger partial charge in [-0.3, -0.25) is 24.1 Å². The Balaban J connectivity index is 0.853. The normalized spacial score (nSPS) is 13.3. The minimum absolute atomic E-state index is 0.0291. The molecule has 1 saturated heterocycles. The quantitative estimate of drug-likeness (QED) is 0.0105. The first kappa shape index (κ1) is 86.9. The molecule has 0 spiro atoms. The molecule has 0 saturated carbocycles. The van der Waals surface area contributed by atoms with Crippen LogP contribution in [0.15, 0.2) is 146 Å². The molecule has 0 radical (unpaired) electrons. The maximum atomic E-state index is 14.8. The van der Waals surface area contributed by atoms with E-state index < -0.39 is 71.6 Å². The van der Waals surface area contributed by atoms with Crippen LogP contribution in [0.5, 0.6) is 28.9 Å². The van der Waals surface area contributed by atoms with E-state index in [2.05, 4.69) is 38.2 Å². The first-order valence-electron chi connectivity index (χ1n) is 38.2. The lowest BCUT2D eigenvalue weighted by Gasteiger charge is -2.42. The van der Waals surface area contributed by atoms with Crippen LogP contribution in [-0.2, 0) is 70.9 Å². The number of ether oxygens (including phenoxy) is 8. The minimum Gasteiger partial charge on any atom is -0.497 e. The number of urea groups is 1. The Morgan fingerprint density at radius 1 is 0.750 bits per heavy atom. The van der Waals surface area contributed by atoms with Crippen LogP contribution in [0.2, 0.25) is 5.02 Å². The monoisotopic (exact) mass is 1630 g/mol. The van der Waals surface area contributed by atoms with Gasteiger partial charge in [-0.05, 0) is 168 Å². The molecule has 30 heteroatoms. The summed E-state index contributed by atoms with van der Waals surface area (Å²) in [7, 11) is 7.03. The summed E-state index contributed by atoms with van der Waals surface area (Å²) in [6.45, 7) is 16.4. The largest absolute Gasteiger partial charge is 0.497 e. The number of nitrogens with zero attached hydrogens (tertiary/aromatic N) is 7. The number of piperazine rings is 1. The third-order valence-electron chi connectivity index (χ3n) is 19.1. The van der Waals surface area contributed by atoms with Crippen molar-refractivity contribution < 1.29 is 80.3 Å². The Labute approximate surface area is 683 Å². The van der Waals surface area contributed by atoms with Crippen LogP contribution >= 0.6 is 22.9 Å². The number of anilines is 1. The molecule has 614 valence electrons. The molecule has 9 aromatic rings. The third kappa shape index (κ3) is 25.0. The van der Waals surface area contributed by atoms with Crippen LogP contribution in [0.3, 0.4) is 0 Å². The van der Waals surface area contributed by atoms with Gasteiger partial charge >= 0.3 is 24.1 Å². The van der Waals surface area contributed by atoms with Crippen molar-refractivity contribution in [3.8, 4) is 61.8 Å². The van der Waals surface area contributed by atoms with Gasteiger partial charge in [0, 0.05) is 86.9 Å². The minimum atomic E-state index is -1.31. The van der Waals surface area contributed by atoms with E-state index in [1.165, 1.54) is 29.8 Å². The summed E-state index contributed by atoms with van der Waals surface area (Å²) >= 11 is 8.75. The molecule has 0 aliphatic carbocycles. The van der Waals surface area contributed by atoms with Crippen LogP contribution in [0, 0.1) is 12.7 Å². The molecule has 3 aromatic heterocycles. The van der Waals surface area contributed by atoms with Gasteiger partial charge in [-0.1, -0.05) is 78.3 Å². The van der Waals surface area contributed by atoms with Gasteiger partial charge in [0.15, 0.2) is 5.82 Å². The first-order chi connectivity index (χ1) is 55.4. The lowest BCUT2D eigenvalue weighted by atomic mass is 9.96. The van der Waals surface area contributed by atoms with Crippen molar-refractivity contribution in [2.75, 3.05) is 86.1 Å². The summed E-state index contributed by atoms with van der Waals surface area (Å²) < 4.78 is 63.1. The topological polar surface area (TPSA) is 326 Å². The highest BCUT2D eigenvalue weighted by Gasteiger charge is 2.34. The standard InChI is InChI=1S/C86H100ClFN12O15S/c1-54-64(74-75-80(93-53-94-81(75)116-77(74)56-27-30-60(88)31-28-56)113-70(82(105)112-51-55-25-33-63(108-10)34-26-55)47-57-18-12-14-21-67(57)111-52-62-37-39-90-78(95-62)65-19-13-15-22-68(65)109-11)35-36-69(76(54)87)110-45-42-99-40-43-100(9,44-41-99)50-58-29-32-61(46-59(58)49-98(8)72(102)23-16-24-73(103)114-85(2,3)4)96-79(104)66(20-17-38-91-83(89)106)97-71(101)48-92-84(107)115-86(5,6)7/h12-15,18-19,21-22,25-37,39,46,53,66,70H,16-17,20,23-24,38,40-45,47-52H2,1-11H3,(H5-,89,91,92,96,97,101,104,106,107)/p+1. The fraction of sp³-hybridized carbons (Fsp3) is 0.384. The second-order valence-corrected chi connectivity index (χ2v) is 31.8. The average molecular weight is 1630 g/mol. The Kier molecular flexibility index (Phi) is 30.1. The van der Waals surface area contributed by atoms with Gasteiger partial charge in [-0.25, -0.2) is 38.7 Å². The molecule has 2 unspecified atom stereocenters. The number of carbonyl (C=O) groups is 7. The van der Waals surface area contributed by atoms with Crippen LogP contribution in [-0.4, -0.2) is 180 Å². The predicted octanol–water partition coefficient (Wildman–Crippen LogP) is 13.1. The number of carbonyl (C=O) groups excluding carboxylic acids is 7. The third-order valence-corrected chi connectivity index (χ3v) is 20.7. The number of primary amides is 1. The van der Waals surface area contributed by atoms with Crippen molar-refractivity contribution in [2.45, 2.75) is 137 Å². The van der Waals surface area contributed by atoms with E-state index >= 15 is 0 Å². The molecule has 6 amide bonds. The number of nitrogens with one attached hydrogen (secondary N) is 4. The van der Waals surface area contributed by atoms with E-state index in [0.717, 1.165) is 24.2 Å². The molecular weight excluding hydrogens is 1530 g/mol. The highest BCUT2D eigenvalue weighted by molar-refractivity contribution is 7.22. The van der Waals surface area contributed by atoms with Gasteiger partial charge in [-0.2, -0.15) is 0 Å². The summed E-state index contributed by atoms with van der Waals surface area (Å²) in [4.78, 5) is 116. The van der Waals surface area contributed by atoms with Gasteiger partial charge in [0.2, 0.25) is 29.7 Å². The number of nitrogens with two attached hydrogens (primary N) is 1. The summed E-state index contributed by atoms with van der Waals surface area (Å²) in [5, 5.41) is 11.4. The number of thiophene rings is 1. The first-order valence-corrected chi connectivity index (χ1v) is 39.4. The molecule has 6 aromatic carbocycles. The number of esters is 2. The lowest BCUT2D eigenvalue weighted by molar-refractivity contribution is -0.926. The Bertz CT molecular complexity index is 4940. The van der Waals surface area contributed by atoms with Crippen LogP contribution in [0.1, 0.15) is 107 Å². The number of amides is 6. The number of para-hydroxylation sites is 2. The maximum absolute atomic E-state index is 14.8. The molecule has 10 rings (SSSR count). The highest BCUT2D eigenvalue weighted by atomic mass is 35.5. The molecule has 27 nitrogen and oxygen atoms in total. The molecular formula is C86H101ClFN12O15S+. The van der Waals surface area contributed by atoms with E-state index in [-0.39, 0.29) is 76.6 Å². The van der Waals surface area contributed by atoms with Gasteiger partial charge in [-0.15, -0.1) is 11.3 Å². The van der Waals surface area contributed by atoms with Crippen molar-refractivity contribution in [2.24, 2.45) is 5.73 Å². The SMILES string of the molecule is COc1ccc(COC(=O)C(Cc2ccccc2OCc2ccnc(-c3ccccc3OC)n2)Oc2ncnc3sc(-c4ccc(F)cc4)c(-c4ccc(OCCN5CC[N+](C)(Cc6ccc(NC(=O)C(CCCNC(N)=O)NC(=O)CNC(=O)OC(C)(C)C)cc6CN(C)C(=O)CCCC(=O)OC(C)(C)C)CC5)c(Cl)c4C)c23)cc1. The van der Waals surface area contributed by atoms with Crippen molar-refractivity contribution in [1.29, 1.82) is 0 Å². The van der Waals surface area contributed by atoms with Crippen LogP contribution in [0.4, 0.5) is 19.7 Å². The summed E-state index contributed by atoms with van der Waals surface area (Å²) in [5.41, 5.74) is 11.2. The van der Waals surface area contributed by atoms with Crippen molar-refractivity contribution in [3.63, 3.8) is 0 Å². The molecule has 1 aliphatic heterocycles. The van der Waals surface area contributed by atoms with Crippen LogP contribution in [0.25, 0.3) is 43.2 Å². The second-order valence-electron chi connectivity index (χ2n) is 30.4. The molecule has 116 heavy (non-hydrogen) atoms. The second kappa shape index (κ2) is 40.2. The van der Waals surface area contributed by atoms with Gasteiger partial charge < -0.3 is 74.3 Å². The molecule has 1 fully saturated rings. The number of rotatable bonds is 36. The molecule has 2 atom stereocenters. The zero-order valence-corrected chi connectivity index (χ0v) is 68.8. The number of halogens is 2. The van der Waals surface area contributed by atoms with E-state index in [1.807, 2.05) is 73.7 Å². The van der Waals surface area contributed by atoms with Crippen molar-refractivity contribution in [3.05, 3.63) is 190 Å². The lowest BCUT2D eigenvalue weighted by Crippen LogP contribution is -2.57. The maximum Gasteiger partial charge on any atom is 0.408 e. The Hall–Kier alpha value is -11.5. The molecule has 1 aliphatic rings. The number of likely N-dealkylation sites (N-methyl/N-ethyl adjacent to an activating group) is 1. The number of quaternary nitrogens is 1. The van der Waals surface area contributed by atoms with Gasteiger partial charge in [0.05, 0.1) is 56.0 Å². The summed E-state index contributed by atoms with van der Waals surface area (Å²) in [5.74, 6) is -0.211. The number of hydrogen-bond acceptors (Lipinski definition) is 21. The summed E-state index contributed by atoms with van der Waals surface area (Å²) in [6.07, 6.45) is 1.68. The number of methoxy groups -OCH3 is 2. The predicted molar refractivity (Wildman–Crippen MR) is 439 cm³/mol. The number of alkyl carbamates (subject to hydrolysis) is 1. The Morgan fingerprint density at radius 3 is 2.19 bits per heavy atom. The van der Waals surface area contributed by atoms with E-state index in [9.17, 15) is 38.0 Å². The highest BCUT2D eigenvalue weighted by Crippen LogP contribution is 2.50. The molecule has 6 N–H and O–H groups in total.